The average Bonchev–Trinajstić information content (AvgIpc) is 2.34. The van der Waals surface area contributed by atoms with Crippen LogP contribution in [-0.2, 0) is 6.54 Å². The molecule has 0 aliphatic carbocycles. The lowest BCUT2D eigenvalue weighted by Gasteiger charge is -2.08. The zero-order valence-electron chi connectivity index (χ0n) is 9.47. The fraction of sp³-hybridized carbons (Fsp3) is 0.333. The van der Waals surface area contributed by atoms with Crippen LogP contribution >= 0.6 is 23.2 Å². The van der Waals surface area contributed by atoms with Gasteiger partial charge in [0.25, 0.3) is 0 Å². The van der Waals surface area contributed by atoms with Crippen LogP contribution in [0.1, 0.15) is 12.5 Å². The van der Waals surface area contributed by atoms with Gasteiger partial charge in [0.1, 0.15) is 6.61 Å². The number of hydrogen-bond donors (Lipinski definition) is 1. The third-order valence-electron chi connectivity index (χ3n) is 2.06. The highest BCUT2D eigenvalue weighted by atomic mass is 35.5. The standard InChI is InChI=1S/C12H14Cl2FNO/c1-2-16-7-9-3-4-12(11(15)5-9)17-8-10(14)6-13/h3-6,16H,2,7-8H2,1H3/b10-6-. The largest absolute Gasteiger partial charge is 0.485 e. The predicted octanol–water partition coefficient (Wildman–Crippen LogP) is 3.63. The van der Waals surface area contributed by atoms with Crippen LogP contribution in [0.15, 0.2) is 28.8 Å². The Balaban J connectivity index is 2.62. The number of ether oxygens (including phenoxy) is 1. The van der Waals surface area contributed by atoms with E-state index in [1.165, 1.54) is 11.6 Å². The number of nitrogens with one attached hydrogen (secondary N) is 1. The first kappa shape index (κ1) is 14.3. The Morgan fingerprint density at radius 1 is 1.53 bits per heavy atom. The molecule has 0 saturated carbocycles. The van der Waals surface area contributed by atoms with Crippen molar-refractivity contribution < 1.29 is 9.13 Å². The summed E-state index contributed by atoms with van der Waals surface area (Å²) in [5.74, 6) is -0.235. The highest BCUT2D eigenvalue weighted by molar-refractivity contribution is 6.36. The molecule has 0 saturated heterocycles. The van der Waals surface area contributed by atoms with E-state index < -0.39 is 5.82 Å². The maximum atomic E-state index is 13.6. The molecule has 1 aromatic rings. The van der Waals surface area contributed by atoms with Gasteiger partial charge < -0.3 is 10.1 Å². The fourth-order valence-corrected chi connectivity index (χ4v) is 1.34. The topological polar surface area (TPSA) is 21.3 Å². The van der Waals surface area contributed by atoms with Crippen LogP contribution in [0.4, 0.5) is 4.39 Å². The van der Waals surface area contributed by atoms with Gasteiger partial charge in [0.2, 0.25) is 0 Å². The molecule has 1 aromatic carbocycles. The van der Waals surface area contributed by atoms with Crippen molar-refractivity contribution in [2.75, 3.05) is 13.2 Å². The SMILES string of the molecule is CCNCc1ccc(OC/C(Cl)=C/Cl)c(F)c1. The summed E-state index contributed by atoms with van der Waals surface area (Å²) in [6.07, 6.45) is 0. The normalized spacial score (nSPS) is 11.6. The van der Waals surface area contributed by atoms with Crippen LogP contribution in [0.25, 0.3) is 0 Å². The van der Waals surface area contributed by atoms with Crippen LogP contribution in [0, 0.1) is 5.82 Å². The molecule has 1 N–H and O–H groups in total. The van der Waals surface area contributed by atoms with Crippen molar-refractivity contribution in [2.45, 2.75) is 13.5 Å². The Morgan fingerprint density at radius 3 is 2.88 bits per heavy atom. The van der Waals surface area contributed by atoms with Crippen molar-refractivity contribution >= 4 is 23.2 Å². The van der Waals surface area contributed by atoms with Gasteiger partial charge in [0.15, 0.2) is 11.6 Å². The molecule has 0 amide bonds. The molecule has 0 bridgehead atoms. The van der Waals surface area contributed by atoms with Crippen molar-refractivity contribution in [3.05, 3.63) is 40.1 Å². The number of hydrogen-bond acceptors (Lipinski definition) is 2. The van der Waals surface area contributed by atoms with Crippen molar-refractivity contribution in [1.82, 2.24) is 5.32 Å². The molecule has 0 aliphatic heterocycles. The molecular formula is C12H14Cl2FNO. The molecule has 0 atom stereocenters. The highest BCUT2D eigenvalue weighted by Gasteiger charge is 2.05. The van der Waals surface area contributed by atoms with E-state index in [4.69, 9.17) is 27.9 Å². The summed E-state index contributed by atoms with van der Waals surface area (Å²) in [6, 6.07) is 4.83. The van der Waals surface area contributed by atoms with Crippen molar-refractivity contribution in [2.24, 2.45) is 0 Å². The Labute approximate surface area is 110 Å². The molecule has 0 fully saturated rings. The lowest BCUT2D eigenvalue weighted by Crippen LogP contribution is -2.12. The summed E-state index contributed by atoms with van der Waals surface area (Å²) in [6.45, 7) is 3.54. The highest BCUT2D eigenvalue weighted by Crippen LogP contribution is 2.19. The molecule has 2 nitrogen and oxygen atoms in total. The van der Waals surface area contributed by atoms with Crippen LogP contribution in [0.3, 0.4) is 0 Å². The van der Waals surface area contributed by atoms with Crippen molar-refractivity contribution in [3.63, 3.8) is 0 Å². The summed E-state index contributed by atoms with van der Waals surface area (Å²) in [5.41, 5.74) is 2.06. The van der Waals surface area contributed by atoms with Gasteiger partial charge in [-0.1, -0.05) is 36.2 Å². The summed E-state index contributed by atoms with van der Waals surface area (Å²) >= 11 is 11.0. The lowest BCUT2D eigenvalue weighted by molar-refractivity contribution is 0.338. The summed E-state index contributed by atoms with van der Waals surface area (Å²) in [4.78, 5) is 0. The number of halogens is 3. The second kappa shape index (κ2) is 7.54. The van der Waals surface area contributed by atoms with Crippen LogP contribution in [0.5, 0.6) is 5.75 Å². The molecule has 1 rings (SSSR count). The van der Waals surface area contributed by atoms with Crippen molar-refractivity contribution in [1.29, 1.82) is 0 Å². The minimum absolute atomic E-state index is 0.0640. The molecule has 0 heterocycles. The first-order chi connectivity index (χ1) is 8.17. The third kappa shape index (κ3) is 4.94. The molecule has 0 aliphatic rings. The maximum absolute atomic E-state index is 13.6. The lowest BCUT2D eigenvalue weighted by atomic mass is 10.2. The minimum Gasteiger partial charge on any atom is -0.485 e. The molecule has 94 valence electrons. The summed E-state index contributed by atoms with van der Waals surface area (Å²) < 4.78 is 18.8. The average molecular weight is 278 g/mol. The minimum atomic E-state index is -0.403. The van der Waals surface area contributed by atoms with E-state index in [0.717, 1.165) is 12.1 Å². The van der Waals surface area contributed by atoms with E-state index in [1.807, 2.05) is 6.92 Å². The van der Waals surface area contributed by atoms with Crippen LogP contribution < -0.4 is 10.1 Å². The van der Waals surface area contributed by atoms with Gasteiger partial charge in [-0.05, 0) is 24.2 Å². The smallest absolute Gasteiger partial charge is 0.165 e. The van der Waals surface area contributed by atoms with E-state index in [0.29, 0.717) is 11.6 Å². The summed E-state index contributed by atoms with van der Waals surface area (Å²) in [7, 11) is 0. The van der Waals surface area contributed by atoms with E-state index in [9.17, 15) is 4.39 Å². The summed E-state index contributed by atoms with van der Waals surface area (Å²) in [5, 5.41) is 3.44. The van der Waals surface area contributed by atoms with E-state index in [1.54, 1.807) is 12.1 Å². The van der Waals surface area contributed by atoms with E-state index in [2.05, 4.69) is 5.32 Å². The molecule has 5 heteroatoms. The zero-order chi connectivity index (χ0) is 12.7. The molecule has 17 heavy (non-hydrogen) atoms. The Hall–Kier alpha value is -0.770. The fourth-order valence-electron chi connectivity index (χ4n) is 1.22. The van der Waals surface area contributed by atoms with Gasteiger partial charge in [-0.25, -0.2) is 4.39 Å². The first-order valence-electron chi connectivity index (χ1n) is 5.24. The quantitative estimate of drug-likeness (QED) is 0.857. The van der Waals surface area contributed by atoms with Gasteiger partial charge in [-0.15, -0.1) is 0 Å². The third-order valence-corrected chi connectivity index (χ3v) is 2.65. The second-order valence-corrected chi connectivity index (χ2v) is 4.09. The van der Waals surface area contributed by atoms with Gasteiger partial charge in [-0.3, -0.25) is 0 Å². The zero-order valence-corrected chi connectivity index (χ0v) is 11.0. The first-order valence-corrected chi connectivity index (χ1v) is 6.05. The second-order valence-electron chi connectivity index (χ2n) is 3.39. The van der Waals surface area contributed by atoms with Gasteiger partial charge >= 0.3 is 0 Å². The number of rotatable bonds is 6. The van der Waals surface area contributed by atoms with Crippen LogP contribution in [0.2, 0.25) is 0 Å². The van der Waals surface area contributed by atoms with E-state index in [-0.39, 0.29) is 12.4 Å². The van der Waals surface area contributed by atoms with Crippen LogP contribution in [-0.4, -0.2) is 13.2 Å². The Kier molecular flexibility index (Phi) is 6.34. The number of benzene rings is 1. The van der Waals surface area contributed by atoms with Gasteiger partial charge in [0.05, 0.1) is 5.03 Å². The van der Waals surface area contributed by atoms with Crippen molar-refractivity contribution in [3.8, 4) is 5.75 Å². The Morgan fingerprint density at radius 2 is 2.29 bits per heavy atom. The molecule has 0 radical (unpaired) electrons. The Bertz CT molecular complexity index is 396. The predicted molar refractivity (Wildman–Crippen MR) is 69.1 cm³/mol. The molecule has 0 aromatic heterocycles. The maximum Gasteiger partial charge on any atom is 0.165 e. The molecule has 0 unspecified atom stereocenters. The van der Waals surface area contributed by atoms with Gasteiger partial charge in [0, 0.05) is 12.1 Å². The monoisotopic (exact) mass is 277 g/mol. The molecule has 0 spiro atoms. The van der Waals surface area contributed by atoms with E-state index >= 15 is 0 Å². The van der Waals surface area contributed by atoms with Gasteiger partial charge in [-0.2, -0.15) is 0 Å². The molecular weight excluding hydrogens is 264 g/mol.